The second kappa shape index (κ2) is 10.7. The average Bonchev–Trinajstić information content (AvgIpc) is 3.16. The summed E-state index contributed by atoms with van der Waals surface area (Å²) >= 11 is 0. The Labute approximate surface area is 199 Å². The monoisotopic (exact) mass is 464 g/mol. The van der Waals surface area contributed by atoms with Crippen molar-refractivity contribution in [3.05, 3.63) is 59.7 Å². The van der Waals surface area contributed by atoms with Gasteiger partial charge in [-0.05, 0) is 47.9 Å². The van der Waals surface area contributed by atoms with Crippen LogP contribution in [0, 0.1) is 5.92 Å². The first-order valence-corrected chi connectivity index (χ1v) is 12.1. The average molecular weight is 465 g/mol. The molecule has 180 valence electrons. The molecule has 3 atom stereocenters. The lowest BCUT2D eigenvalue weighted by Crippen LogP contribution is -2.47. The molecule has 34 heavy (non-hydrogen) atoms. The standard InChI is InChI=1S/C27H32N2O5/c1-2-8-24(26(31)32)29-25(30)17-9-7-10-18(15-17)28-27(33)34-16-23-21-13-5-3-11-19(21)20-12-4-6-14-22(20)23/h3-6,11-14,17-18,23-24H,2,7-10,15-16H2,1H3,(H,28,33)(H,29,30)(H,31,32)/t17-,18-,24+/m1/s1. The number of carboxylic acid groups (broad SMARTS) is 1. The van der Waals surface area contributed by atoms with E-state index in [0.717, 1.165) is 24.0 Å². The Morgan fingerprint density at radius 3 is 2.29 bits per heavy atom. The predicted octanol–water partition coefficient (Wildman–Crippen LogP) is 4.45. The number of benzene rings is 2. The lowest BCUT2D eigenvalue weighted by atomic mass is 9.85. The smallest absolute Gasteiger partial charge is 0.407 e. The highest BCUT2D eigenvalue weighted by Gasteiger charge is 2.32. The van der Waals surface area contributed by atoms with Gasteiger partial charge in [-0.3, -0.25) is 4.79 Å². The topological polar surface area (TPSA) is 105 Å². The van der Waals surface area contributed by atoms with E-state index in [9.17, 15) is 19.5 Å². The molecule has 0 aromatic heterocycles. The Kier molecular flexibility index (Phi) is 7.50. The second-order valence-corrected chi connectivity index (χ2v) is 9.22. The molecule has 0 radical (unpaired) electrons. The molecule has 0 bridgehead atoms. The highest BCUT2D eigenvalue weighted by atomic mass is 16.5. The Hall–Kier alpha value is -3.35. The first-order valence-electron chi connectivity index (χ1n) is 12.1. The van der Waals surface area contributed by atoms with Gasteiger partial charge in [0.15, 0.2) is 0 Å². The van der Waals surface area contributed by atoms with Gasteiger partial charge < -0.3 is 20.5 Å². The molecular weight excluding hydrogens is 432 g/mol. The number of carbonyl (C=O) groups excluding carboxylic acids is 2. The first kappa shape index (κ1) is 23.8. The molecule has 1 saturated carbocycles. The van der Waals surface area contributed by atoms with Crippen LogP contribution in [0.5, 0.6) is 0 Å². The molecule has 7 heteroatoms. The van der Waals surface area contributed by atoms with Gasteiger partial charge in [0.25, 0.3) is 0 Å². The number of carbonyl (C=O) groups is 3. The highest BCUT2D eigenvalue weighted by Crippen LogP contribution is 2.44. The fraction of sp³-hybridized carbons (Fsp3) is 0.444. The van der Waals surface area contributed by atoms with E-state index in [4.69, 9.17) is 4.74 Å². The van der Waals surface area contributed by atoms with E-state index in [0.29, 0.717) is 25.7 Å². The Morgan fingerprint density at radius 2 is 1.68 bits per heavy atom. The van der Waals surface area contributed by atoms with Gasteiger partial charge in [-0.15, -0.1) is 0 Å². The number of carboxylic acids is 1. The minimum Gasteiger partial charge on any atom is -0.480 e. The summed E-state index contributed by atoms with van der Waals surface area (Å²) in [4.78, 5) is 36.6. The maximum Gasteiger partial charge on any atom is 0.407 e. The van der Waals surface area contributed by atoms with E-state index in [2.05, 4.69) is 34.9 Å². The minimum atomic E-state index is -1.01. The maximum atomic E-state index is 12.6. The SMILES string of the molecule is CCC[C@H](NC(=O)[C@@H]1CCC[C@@H](NC(=O)OCC2c3ccccc3-c3ccccc32)C1)C(=O)O. The van der Waals surface area contributed by atoms with Crippen LogP contribution in [0.15, 0.2) is 48.5 Å². The van der Waals surface area contributed by atoms with Crippen LogP contribution in [0.1, 0.15) is 62.5 Å². The number of fused-ring (bicyclic) bond motifs is 3. The van der Waals surface area contributed by atoms with E-state index < -0.39 is 18.1 Å². The molecule has 0 aliphatic heterocycles. The van der Waals surface area contributed by atoms with Gasteiger partial charge in [-0.1, -0.05) is 68.3 Å². The van der Waals surface area contributed by atoms with E-state index in [1.807, 2.05) is 31.2 Å². The lowest BCUT2D eigenvalue weighted by Gasteiger charge is -2.29. The summed E-state index contributed by atoms with van der Waals surface area (Å²) in [5.41, 5.74) is 4.67. The second-order valence-electron chi connectivity index (χ2n) is 9.22. The minimum absolute atomic E-state index is 0.00505. The van der Waals surface area contributed by atoms with Crippen molar-refractivity contribution in [3.63, 3.8) is 0 Å². The van der Waals surface area contributed by atoms with Crippen LogP contribution in [-0.2, 0) is 14.3 Å². The molecule has 2 aliphatic carbocycles. The van der Waals surface area contributed by atoms with Crippen molar-refractivity contribution in [1.82, 2.24) is 10.6 Å². The number of ether oxygens (including phenoxy) is 1. The van der Waals surface area contributed by atoms with Crippen molar-refractivity contribution in [3.8, 4) is 11.1 Å². The number of aliphatic carboxylic acids is 1. The number of alkyl carbamates (subject to hydrolysis) is 1. The summed E-state index contributed by atoms with van der Waals surface area (Å²) < 4.78 is 5.64. The van der Waals surface area contributed by atoms with Crippen LogP contribution in [0.3, 0.4) is 0 Å². The van der Waals surface area contributed by atoms with Gasteiger partial charge in [0, 0.05) is 17.9 Å². The summed E-state index contributed by atoms with van der Waals surface area (Å²) in [5.74, 6) is -1.58. The fourth-order valence-electron chi connectivity index (χ4n) is 5.20. The molecule has 0 heterocycles. The molecule has 3 N–H and O–H groups in total. The quantitative estimate of drug-likeness (QED) is 0.535. The lowest BCUT2D eigenvalue weighted by molar-refractivity contribution is -0.142. The van der Waals surface area contributed by atoms with Crippen LogP contribution in [0.2, 0.25) is 0 Å². The highest BCUT2D eigenvalue weighted by molar-refractivity contribution is 5.85. The molecule has 0 saturated heterocycles. The first-order chi connectivity index (χ1) is 16.5. The Bertz CT molecular complexity index is 1010. The fourth-order valence-corrected chi connectivity index (χ4v) is 5.20. The summed E-state index contributed by atoms with van der Waals surface area (Å²) in [5, 5.41) is 14.9. The molecule has 2 amide bonds. The van der Waals surface area contributed by atoms with Crippen molar-refractivity contribution in [2.45, 2.75) is 63.5 Å². The van der Waals surface area contributed by atoms with Crippen LogP contribution in [0.25, 0.3) is 11.1 Å². The zero-order chi connectivity index (χ0) is 24.1. The van der Waals surface area contributed by atoms with Gasteiger partial charge in [0.1, 0.15) is 12.6 Å². The van der Waals surface area contributed by atoms with Crippen LogP contribution >= 0.6 is 0 Å². The molecule has 0 unspecified atom stereocenters. The summed E-state index contributed by atoms with van der Waals surface area (Å²) in [6, 6.07) is 15.3. The van der Waals surface area contributed by atoms with Gasteiger partial charge in [-0.25, -0.2) is 9.59 Å². The van der Waals surface area contributed by atoms with E-state index in [1.54, 1.807) is 0 Å². The predicted molar refractivity (Wildman–Crippen MR) is 128 cm³/mol. The zero-order valence-electron chi connectivity index (χ0n) is 19.5. The van der Waals surface area contributed by atoms with Crippen molar-refractivity contribution in [1.29, 1.82) is 0 Å². The van der Waals surface area contributed by atoms with Gasteiger partial charge in [0.2, 0.25) is 5.91 Å². The Balaban J connectivity index is 1.31. The van der Waals surface area contributed by atoms with Gasteiger partial charge >= 0.3 is 12.1 Å². The van der Waals surface area contributed by atoms with Crippen LogP contribution in [0.4, 0.5) is 4.79 Å². The molecule has 0 spiro atoms. The number of rotatable bonds is 8. The van der Waals surface area contributed by atoms with Gasteiger partial charge in [0.05, 0.1) is 0 Å². The largest absolute Gasteiger partial charge is 0.480 e. The molecular formula is C27H32N2O5. The number of hydrogen-bond acceptors (Lipinski definition) is 4. The maximum absolute atomic E-state index is 12.6. The van der Waals surface area contributed by atoms with Crippen molar-refractivity contribution in [2.75, 3.05) is 6.61 Å². The van der Waals surface area contributed by atoms with E-state index >= 15 is 0 Å². The third-order valence-electron chi connectivity index (χ3n) is 6.90. The molecule has 4 rings (SSSR count). The number of nitrogens with one attached hydrogen (secondary N) is 2. The summed E-state index contributed by atoms with van der Waals surface area (Å²) in [6.45, 7) is 2.13. The molecule has 1 fully saturated rings. The van der Waals surface area contributed by atoms with Crippen molar-refractivity contribution in [2.24, 2.45) is 5.92 Å². The van der Waals surface area contributed by atoms with Crippen molar-refractivity contribution < 1.29 is 24.2 Å². The summed E-state index contributed by atoms with van der Waals surface area (Å²) in [6.07, 6.45) is 3.32. The Morgan fingerprint density at radius 1 is 1.03 bits per heavy atom. The third-order valence-corrected chi connectivity index (χ3v) is 6.90. The normalized spacial score (nSPS) is 20.0. The molecule has 2 aromatic rings. The summed E-state index contributed by atoms with van der Waals surface area (Å²) in [7, 11) is 0. The molecule has 7 nitrogen and oxygen atoms in total. The van der Waals surface area contributed by atoms with E-state index in [1.165, 1.54) is 11.1 Å². The zero-order valence-corrected chi connectivity index (χ0v) is 19.5. The third kappa shape index (κ3) is 5.24. The number of amides is 2. The molecule has 2 aromatic carbocycles. The van der Waals surface area contributed by atoms with Crippen molar-refractivity contribution >= 4 is 18.0 Å². The molecule has 2 aliphatic rings. The van der Waals surface area contributed by atoms with Gasteiger partial charge in [-0.2, -0.15) is 0 Å². The van der Waals surface area contributed by atoms with Crippen LogP contribution < -0.4 is 10.6 Å². The number of hydrogen-bond donors (Lipinski definition) is 3. The van der Waals surface area contributed by atoms with E-state index in [-0.39, 0.29) is 30.4 Å². The van der Waals surface area contributed by atoms with Crippen LogP contribution in [-0.4, -0.2) is 41.8 Å².